The largest absolute Gasteiger partial charge is 0.396 e. The highest BCUT2D eigenvalue weighted by Crippen LogP contribution is 2.25. The molecule has 0 saturated carbocycles. The van der Waals surface area contributed by atoms with Crippen molar-refractivity contribution in [3.05, 3.63) is 53.6 Å². The summed E-state index contributed by atoms with van der Waals surface area (Å²) in [5.74, 6) is 0. The maximum atomic E-state index is 6.03. The molecule has 0 aliphatic heterocycles. The molecule has 3 aromatic rings. The minimum atomic E-state index is 0.559. The molecule has 0 amide bonds. The lowest BCUT2D eigenvalue weighted by Gasteiger charge is -2.02. The average molecular weight is 286 g/mol. The van der Waals surface area contributed by atoms with Gasteiger partial charge in [0.2, 0.25) is 0 Å². The number of aromatic nitrogens is 4. The van der Waals surface area contributed by atoms with Crippen LogP contribution in [0.4, 0.5) is 5.69 Å². The maximum Gasteiger partial charge on any atom is 0.136 e. The van der Waals surface area contributed by atoms with E-state index >= 15 is 0 Å². The lowest BCUT2D eigenvalue weighted by Crippen LogP contribution is -1.97. The summed E-state index contributed by atoms with van der Waals surface area (Å²) in [7, 11) is 0. The standard InChI is InChI=1S/C14H12ClN5/c1-9-13(18-7-6-17-9)14-12(16)8-20(19-14)11-4-2-10(15)3-5-11/h2-8H,16H2,1H3. The Labute approximate surface area is 121 Å². The predicted octanol–water partition coefficient (Wildman–Crippen LogP) is 2.87. The van der Waals surface area contributed by atoms with Crippen LogP contribution < -0.4 is 5.73 Å². The molecular weight excluding hydrogens is 274 g/mol. The highest BCUT2D eigenvalue weighted by Gasteiger charge is 2.13. The van der Waals surface area contributed by atoms with Gasteiger partial charge >= 0.3 is 0 Å². The van der Waals surface area contributed by atoms with Crippen molar-refractivity contribution in [1.82, 2.24) is 19.7 Å². The molecule has 0 saturated heterocycles. The van der Waals surface area contributed by atoms with Crippen LogP contribution in [-0.2, 0) is 0 Å². The zero-order valence-electron chi connectivity index (χ0n) is 10.8. The second-order valence-corrected chi connectivity index (χ2v) is 4.78. The molecule has 2 aromatic heterocycles. The van der Waals surface area contributed by atoms with Gasteiger partial charge in [-0.15, -0.1) is 0 Å². The van der Waals surface area contributed by atoms with E-state index in [1.165, 1.54) is 0 Å². The number of nitrogens with two attached hydrogens (primary N) is 1. The van der Waals surface area contributed by atoms with Crippen LogP contribution in [0.25, 0.3) is 17.1 Å². The van der Waals surface area contributed by atoms with E-state index in [-0.39, 0.29) is 0 Å². The quantitative estimate of drug-likeness (QED) is 0.786. The van der Waals surface area contributed by atoms with Gasteiger partial charge in [0, 0.05) is 17.4 Å². The third kappa shape index (κ3) is 2.23. The Morgan fingerprint density at radius 3 is 2.45 bits per heavy atom. The van der Waals surface area contributed by atoms with Crippen LogP contribution in [0.5, 0.6) is 0 Å². The van der Waals surface area contributed by atoms with Gasteiger partial charge in [0.25, 0.3) is 0 Å². The number of nitrogen functional groups attached to an aromatic ring is 1. The fraction of sp³-hybridized carbons (Fsp3) is 0.0714. The van der Waals surface area contributed by atoms with E-state index in [0.717, 1.165) is 11.4 Å². The van der Waals surface area contributed by atoms with Gasteiger partial charge < -0.3 is 5.73 Å². The fourth-order valence-electron chi connectivity index (χ4n) is 1.94. The maximum absolute atomic E-state index is 6.03. The van der Waals surface area contributed by atoms with E-state index in [1.54, 1.807) is 23.3 Å². The molecule has 0 bridgehead atoms. The van der Waals surface area contributed by atoms with Crippen molar-refractivity contribution < 1.29 is 0 Å². The summed E-state index contributed by atoms with van der Waals surface area (Å²) in [5, 5.41) is 5.17. The monoisotopic (exact) mass is 285 g/mol. The van der Waals surface area contributed by atoms with Crippen LogP contribution in [0.15, 0.2) is 42.9 Å². The molecule has 0 fully saturated rings. The predicted molar refractivity (Wildman–Crippen MR) is 78.7 cm³/mol. The molecule has 6 heteroatoms. The molecule has 3 rings (SSSR count). The molecule has 20 heavy (non-hydrogen) atoms. The minimum Gasteiger partial charge on any atom is -0.396 e. The number of hydrogen-bond donors (Lipinski definition) is 1. The molecule has 0 aliphatic rings. The first kappa shape index (κ1) is 12.6. The zero-order valence-corrected chi connectivity index (χ0v) is 11.5. The van der Waals surface area contributed by atoms with Crippen LogP contribution >= 0.6 is 11.6 Å². The topological polar surface area (TPSA) is 69.6 Å². The second-order valence-electron chi connectivity index (χ2n) is 4.34. The summed E-state index contributed by atoms with van der Waals surface area (Å²) in [6.07, 6.45) is 5.03. The number of aryl methyl sites for hydroxylation is 1. The first-order chi connectivity index (χ1) is 9.65. The van der Waals surface area contributed by atoms with Crippen LogP contribution in [0.2, 0.25) is 5.02 Å². The van der Waals surface area contributed by atoms with Crippen LogP contribution in [0.3, 0.4) is 0 Å². The Bertz CT molecular complexity index is 749. The molecule has 2 heterocycles. The Kier molecular flexibility index (Phi) is 3.12. The van der Waals surface area contributed by atoms with Crippen molar-refractivity contribution in [1.29, 1.82) is 0 Å². The molecule has 0 atom stereocenters. The van der Waals surface area contributed by atoms with Gasteiger partial charge in [0.05, 0.1) is 23.3 Å². The molecule has 0 unspecified atom stereocenters. The summed E-state index contributed by atoms with van der Waals surface area (Å²) >= 11 is 5.88. The number of hydrogen-bond acceptors (Lipinski definition) is 4. The van der Waals surface area contributed by atoms with Crippen LogP contribution in [-0.4, -0.2) is 19.7 Å². The Morgan fingerprint density at radius 2 is 1.75 bits per heavy atom. The lowest BCUT2D eigenvalue weighted by atomic mass is 10.2. The highest BCUT2D eigenvalue weighted by atomic mass is 35.5. The zero-order chi connectivity index (χ0) is 14.1. The molecule has 2 N–H and O–H groups in total. The van der Waals surface area contributed by atoms with Crippen LogP contribution in [0.1, 0.15) is 5.69 Å². The molecular formula is C14H12ClN5. The summed E-state index contributed by atoms with van der Waals surface area (Å²) in [6, 6.07) is 7.37. The summed E-state index contributed by atoms with van der Waals surface area (Å²) < 4.78 is 1.70. The van der Waals surface area contributed by atoms with Gasteiger partial charge in [-0.05, 0) is 31.2 Å². The van der Waals surface area contributed by atoms with E-state index in [2.05, 4.69) is 15.1 Å². The number of halogens is 1. The van der Waals surface area contributed by atoms with Gasteiger partial charge in [0.1, 0.15) is 11.4 Å². The average Bonchev–Trinajstić information content (AvgIpc) is 2.82. The van der Waals surface area contributed by atoms with Gasteiger partial charge in [-0.2, -0.15) is 5.10 Å². The van der Waals surface area contributed by atoms with Crippen LogP contribution in [0, 0.1) is 6.92 Å². The molecule has 0 spiro atoms. The van der Waals surface area contributed by atoms with Crippen molar-refractivity contribution >= 4 is 17.3 Å². The molecule has 5 nitrogen and oxygen atoms in total. The summed E-state index contributed by atoms with van der Waals surface area (Å²) in [5.41, 5.74) is 9.59. The normalized spacial score (nSPS) is 10.7. The van der Waals surface area contributed by atoms with Gasteiger partial charge in [0.15, 0.2) is 0 Å². The minimum absolute atomic E-state index is 0.559. The number of benzene rings is 1. The Hall–Kier alpha value is -2.40. The third-order valence-electron chi connectivity index (χ3n) is 2.94. The summed E-state index contributed by atoms with van der Waals surface area (Å²) in [4.78, 5) is 8.50. The van der Waals surface area contributed by atoms with Crippen molar-refractivity contribution in [3.63, 3.8) is 0 Å². The van der Waals surface area contributed by atoms with E-state index in [9.17, 15) is 0 Å². The summed E-state index contributed by atoms with van der Waals surface area (Å²) in [6.45, 7) is 1.88. The SMILES string of the molecule is Cc1nccnc1-c1nn(-c2ccc(Cl)cc2)cc1N. The Morgan fingerprint density at radius 1 is 1.05 bits per heavy atom. The van der Waals surface area contributed by atoms with E-state index in [4.69, 9.17) is 17.3 Å². The highest BCUT2D eigenvalue weighted by molar-refractivity contribution is 6.30. The molecule has 0 radical (unpaired) electrons. The lowest BCUT2D eigenvalue weighted by molar-refractivity contribution is 0.880. The third-order valence-corrected chi connectivity index (χ3v) is 3.19. The second kappa shape index (κ2) is 4.94. The molecule has 100 valence electrons. The molecule has 1 aromatic carbocycles. The Balaban J connectivity index is 2.08. The molecule has 0 aliphatic carbocycles. The number of anilines is 1. The van der Waals surface area contributed by atoms with E-state index < -0.39 is 0 Å². The first-order valence-electron chi connectivity index (χ1n) is 6.04. The van der Waals surface area contributed by atoms with Gasteiger partial charge in [-0.1, -0.05) is 11.6 Å². The smallest absolute Gasteiger partial charge is 0.136 e. The van der Waals surface area contributed by atoms with Crippen molar-refractivity contribution in [3.8, 4) is 17.1 Å². The number of nitrogens with zero attached hydrogens (tertiary/aromatic N) is 4. The van der Waals surface area contributed by atoms with E-state index in [0.29, 0.717) is 22.1 Å². The van der Waals surface area contributed by atoms with Crippen molar-refractivity contribution in [2.75, 3.05) is 5.73 Å². The van der Waals surface area contributed by atoms with Crippen molar-refractivity contribution in [2.45, 2.75) is 6.92 Å². The van der Waals surface area contributed by atoms with Gasteiger partial charge in [-0.25, -0.2) is 4.68 Å². The first-order valence-corrected chi connectivity index (χ1v) is 6.42. The van der Waals surface area contributed by atoms with Crippen molar-refractivity contribution in [2.24, 2.45) is 0 Å². The number of rotatable bonds is 2. The fourth-order valence-corrected chi connectivity index (χ4v) is 2.06. The van der Waals surface area contributed by atoms with Gasteiger partial charge in [-0.3, -0.25) is 9.97 Å². The van der Waals surface area contributed by atoms with E-state index in [1.807, 2.05) is 31.2 Å².